The zero-order valence-corrected chi connectivity index (χ0v) is 9.27. The highest BCUT2D eigenvalue weighted by molar-refractivity contribution is 5.02. The second-order valence-corrected chi connectivity index (χ2v) is 4.82. The van der Waals surface area contributed by atoms with Crippen molar-refractivity contribution in [2.24, 2.45) is 17.6 Å². The molecule has 1 aliphatic rings. The molecule has 0 saturated heterocycles. The Bertz CT molecular complexity index is 148. The Balaban J connectivity index is 2.31. The summed E-state index contributed by atoms with van der Waals surface area (Å²) in [6.07, 6.45) is 3.76. The molecule has 0 heterocycles. The zero-order valence-electron chi connectivity index (χ0n) is 9.27. The van der Waals surface area contributed by atoms with Gasteiger partial charge in [-0.3, -0.25) is 0 Å². The molecule has 0 radical (unpaired) electrons. The van der Waals surface area contributed by atoms with E-state index in [0.29, 0.717) is 5.54 Å². The van der Waals surface area contributed by atoms with Crippen LogP contribution in [-0.2, 0) is 0 Å². The largest absolute Gasteiger partial charge is 0.329 e. The summed E-state index contributed by atoms with van der Waals surface area (Å²) in [5, 5.41) is 3.59. The highest BCUT2D eigenvalue weighted by atomic mass is 15.0. The standard InChI is InChI=1S/C11H24N2/c1-4-5-13-11(8-12)6-10(7-11)9(2)3/h9-10,13H,4-8,12H2,1-3H3. The van der Waals surface area contributed by atoms with Gasteiger partial charge in [0, 0.05) is 12.1 Å². The van der Waals surface area contributed by atoms with Gasteiger partial charge in [0.05, 0.1) is 0 Å². The predicted octanol–water partition coefficient (Wildman–Crippen LogP) is 1.75. The van der Waals surface area contributed by atoms with Crippen LogP contribution >= 0.6 is 0 Å². The molecule has 13 heavy (non-hydrogen) atoms. The number of rotatable bonds is 5. The predicted molar refractivity (Wildman–Crippen MR) is 57.6 cm³/mol. The van der Waals surface area contributed by atoms with Crippen molar-refractivity contribution in [3.8, 4) is 0 Å². The SMILES string of the molecule is CCCNC1(CN)CC(C(C)C)C1. The molecule has 3 N–H and O–H groups in total. The lowest BCUT2D eigenvalue weighted by molar-refractivity contribution is 0.0772. The molecule has 1 aliphatic carbocycles. The first-order chi connectivity index (χ1) is 6.13. The minimum absolute atomic E-state index is 0.297. The van der Waals surface area contributed by atoms with E-state index in [1.807, 2.05) is 0 Å². The van der Waals surface area contributed by atoms with Gasteiger partial charge in [-0.1, -0.05) is 20.8 Å². The molecule has 0 aromatic heterocycles. The quantitative estimate of drug-likeness (QED) is 0.683. The normalized spacial score (nSPS) is 33.5. The summed E-state index contributed by atoms with van der Waals surface area (Å²) in [5.41, 5.74) is 6.11. The van der Waals surface area contributed by atoms with E-state index in [2.05, 4.69) is 26.1 Å². The third-order valence-corrected chi connectivity index (χ3v) is 3.39. The van der Waals surface area contributed by atoms with Crippen LogP contribution in [0.1, 0.15) is 40.0 Å². The van der Waals surface area contributed by atoms with E-state index in [4.69, 9.17) is 5.73 Å². The van der Waals surface area contributed by atoms with E-state index in [9.17, 15) is 0 Å². The molecule has 0 atom stereocenters. The Labute approximate surface area is 82.3 Å². The topological polar surface area (TPSA) is 38.0 Å². The van der Waals surface area contributed by atoms with Crippen molar-refractivity contribution in [1.82, 2.24) is 5.32 Å². The fraction of sp³-hybridized carbons (Fsp3) is 1.00. The van der Waals surface area contributed by atoms with Crippen LogP contribution in [0.3, 0.4) is 0 Å². The fourth-order valence-electron chi connectivity index (χ4n) is 2.19. The second kappa shape index (κ2) is 4.43. The molecule has 0 aliphatic heterocycles. The maximum Gasteiger partial charge on any atom is 0.0309 e. The second-order valence-electron chi connectivity index (χ2n) is 4.82. The van der Waals surface area contributed by atoms with Gasteiger partial charge in [0.2, 0.25) is 0 Å². The lowest BCUT2D eigenvalue weighted by Crippen LogP contribution is -2.61. The monoisotopic (exact) mass is 184 g/mol. The molecule has 1 saturated carbocycles. The van der Waals surface area contributed by atoms with Crippen LogP contribution in [0.25, 0.3) is 0 Å². The average molecular weight is 184 g/mol. The van der Waals surface area contributed by atoms with E-state index in [1.165, 1.54) is 19.3 Å². The fourth-order valence-corrected chi connectivity index (χ4v) is 2.19. The number of hydrogen-bond donors (Lipinski definition) is 2. The first-order valence-corrected chi connectivity index (χ1v) is 5.58. The van der Waals surface area contributed by atoms with Crippen molar-refractivity contribution in [2.75, 3.05) is 13.1 Å². The highest BCUT2D eigenvalue weighted by Crippen LogP contribution is 2.41. The molecule has 0 aromatic carbocycles. The maximum absolute atomic E-state index is 5.81. The lowest BCUT2D eigenvalue weighted by Gasteiger charge is -2.49. The van der Waals surface area contributed by atoms with Gasteiger partial charge in [0.15, 0.2) is 0 Å². The molecular weight excluding hydrogens is 160 g/mol. The summed E-state index contributed by atoms with van der Waals surface area (Å²) < 4.78 is 0. The van der Waals surface area contributed by atoms with Crippen molar-refractivity contribution in [1.29, 1.82) is 0 Å². The van der Waals surface area contributed by atoms with Crippen molar-refractivity contribution < 1.29 is 0 Å². The first kappa shape index (κ1) is 11.0. The summed E-state index contributed by atoms with van der Waals surface area (Å²) in [5.74, 6) is 1.72. The molecule has 0 spiro atoms. The minimum Gasteiger partial charge on any atom is -0.329 e. The third kappa shape index (κ3) is 2.44. The first-order valence-electron chi connectivity index (χ1n) is 5.58. The summed E-state index contributed by atoms with van der Waals surface area (Å²) in [6, 6.07) is 0. The van der Waals surface area contributed by atoms with Crippen molar-refractivity contribution in [3.63, 3.8) is 0 Å². The van der Waals surface area contributed by atoms with Gasteiger partial charge < -0.3 is 11.1 Å². The van der Waals surface area contributed by atoms with E-state index in [-0.39, 0.29) is 0 Å². The maximum atomic E-state index is 5.81. The van der Waals surface area contributed by atoms with E-state index >= 15 is 0 Å². The minimum atomic E-state index is 0.297. The van der Waals surface area contributed by atoms with Crippen LogP contribution in [0.5, 0.6) is 0 Å². The number of nitrogens with one attached hydrogen (secondary N) is 1. The Morgan fingerprint density at radius 2 is 2.08 bits per heavy atom. The van der Waals surface area contributed by atoms with E-state index < -0.39 is 0 Å². The van der Waals surface area contributed by atoms with Crippen molar-refractivity contribution in [2.45, 2.75) is 45.6 Å². The summed E-state index contributed by atoms with van der Waals surface area (Å²) >= 11 is 0. The molecule has 2 nitrogen and oxygen atoms in total. The Kier molecular flexibility index (Phi) is 3.74. The summed E-state index contributed by atoms with van der Waals surface area (Å²) in [4.78, 5) is 0. The average Bonchev–Trinajstić information content (AvgIpc) is 2.03. The van der Waals surface area contributed by atoms with Gasteiger partial charge in [-0.15, -0.1) is 0 Å². The Morgan fingerprint density at radius 3 is 2.46 bits per heavy atom. The van der Waals surface area contributed by atoms with Gasteiger partial charge in [-0.25, -0.2) is 0 Å². The van der Waals surface area contributed by atoms with Gasteiger partial charge in [0.25, 0.3) is 0 Å². The molecule has 0 aromatic rings. The molecule has 78 valence electrons. The van der Waals surface area contributed by atoms with Gasteiger partial charge >= 0.3 is 0 Å². The van der Waals surface area contributed by atoms with Crippen LogP contribution in [-0.4, -0.2) is 18.6 Å². The number of hydrogen-bond acceptors (Lipinski definition) is 2. The molecular formula is C11H24N2. The highest BCUT2D eigenvalue weighted by Gasteiger charge is 2.43. The van der Waals surface area contributed by atoms with Gasteiger partial charge in [0.1, 0.15) is 0 Å². The Morgan fingerprint density at radius 1 is 1.46 bits per heavy atom. The zero-order chi connectivity index (χ0) is 9.90. The van der Waals surface area contributed by atoms with Crippen LogP contribution < -0.4 is 11.1 Å². The van der Waals surface area contributed by atoms with Gasteiger partial charge in [-0.2, -0.15) is 0 Å². The molecule has 0 bridgehead atoms. The molecule has 2 heteroatoms. The molecule has 0 unspecified atom stereocenters. The molecule has 0 amide bonds. The van der Waals surface area contributed by atoms with Gasteiger partial charge in [-0.05, 0) is 37.6 Å². The van der Waals surface area contributed by atoms with Crippen LogP contribution in [0.2, 0.25) is 0 Å². The van der Waals surface area contributed by atoms with Crippen molar-refractivity contribution >= 4 is 0 Å². The van der Waals surface area contributed by atoms with Crippen LogP contribution in [0, 0.1) is 11.8 Å². The smallest absolute Gasteiger partial charge is 0.0309 e. The number of nitrogens with two attached hydrogens (primary N) is 1. The summed E-state index contributed by atoms with van der Waals surface area (Å²) in [7, 11) is 0. The summed E-state index contributed by atoms with van der Waals surface area (Å²) in [6.45, 7) is 8.74. The van der Waals surface area contributed by atoms with E-state index in [1.54, 1.807) is 0 Å². The van der Waals surface area contributed by atoms with E-state index in [0.717, 1.165) is 24.9 Å². The van der Waals surface area contributed by atoms with Crippen molar-refractivity contribution in [3.05, 3.63) is 0 Å². The third-order valence-electron chi connectivity index (χ3n) is 3.39. The van der Waals surface area contributed by atoms with Crippen LogP contribution in [0.15, 0.2) is 0 Å². The lowest BCUT2D eigenvalue weighted by atomic mass is 9.64. The molecule has 1 rings (SSSR count). The Hall–Kier alpha value is -0.0800. The van der Waals surface area contributed by atoms with Crippen LogP contribution in [0.4, 0.5) is 0 Å². The molecule has 1 fully saturated rings.